The Kier molecular flexibility index (Phi) is 3.93. The smallest absolute Gasteiger partial charge is 0.119 e. The van der Waals surface area contributed by atoms with E-state index >= 15 is 0 Å². The van der Waals surface area contributed by atoms with Crippen molar-refractivity contribution in [3.63, 3.8) is 0 Å². The van der Waals surface area contributed by atoms with Crippen LogP contribution in [-0.2, 0) is 0 Å². The average Bonchev–Trinajstić information content (AvgIpc) is 2.26. The van der Waals surface area contributed by atoms with Crippen LogP contribution in [0.2, 0.25) is 0 Å². The molecule has 0 aliphatic heterocycles. The molecule has 1 aromatic rings. The van der Waals surface area contributed by atoms with Gasteiger partial charge in [-0.3, -0.25) is 0 Å². The van der Waals surface area contributed by atoms with Crippen LogP contribution in [-0.4, -0.2) is 7.11 Å². The summed E-state index contributed by atoms with van der Waals surface area (Å²) in [4.78, 5) is 0. The molecule has 0 unspecified atom stereocenters. The topological polar surface area (TPSA) is 33.0 Å². The van der Waals surface area contributed by atoms with Gasteiger partial charge in [0.2, 0.25) is 0 Å². The van der Waals surface area contributed by atoms with Crippen molar-refractivity contribution in [3.8, 4) is 11.8 Å². The lowest BCUT2D eigenvalue weighted by molar-refractivity contribution is 0.414. The van der Waals surface area contributed by atoms with Crippen molar-refractivity contribution >= 4 is 5.57 Å². The van der Waals surface area contributed by atoms with Gasteiger partial charge in [0.1, 0.15) is 5.75 Å². The van der Waals surface area contributed by atoms with Gasteiger partial charge in [0, 0.05) is 0 Å². The van der Waals surface area contributed by atoms with Gasteiger partial charge in [-0.1, -0.05) is 12.1 Å². The fourth-order valence-electron chi connectivity index (χ4n) is 1.56. The Morgan fingerprint density at radius 3 is 2.73 bits per heavy atom. The van der Waals surface area contributed by atoms with Crippen LogP contribution in [0.4, 0.5) is 0 Å². The first-order chi connectivity index (χ1) is 7.22. The van der Waals surface area contributed by atoms with Gasteiger partial charge in [0.25, 0.3) is 0 Å². The number of allylic oxidation sites excluding steroid dienone is 2. The van der Waals surface area contributed by atoms with Crippen LogP contribution in [0.5, 0.6) is 5.75 Å². The van der Waals surface area contributed by atoms with Crippen LogP contribution < -0.4 is 4.74 Å². The molecule has 0 heterocycles. The van der Waals surface area contributed by atoms with E-state index in [4.69, 9.17) is 10.00 Å². The number of benzene rings is 1. The lowest BCUT2D eigenvalue weighted by Gasteiger charge is -2.09. The van der Waals surface area contributed by atoms with Crippen molar-refractivity contribution in [2.75, 3.05) is 7.11 Å². The van der Waals surface area contributed by atoms with E-state index in [0.29, 0.717) is 6.42 Å². The number of hydrogen-bond donors (Lipinski definition) is 0. The van der Waals surface area contributed by atoms with E-state index in [1.807, 2.05) is 38.1 Å². The van der Waals surface area contributed by atoms with Crippen LogP contribution >= 0.6 is 0 Å². The lowest BCUT2D eigenvalue weighted by atomic mass is 9.98. The first-order valence-corrected chi connectivity index (χ1v) is 4.90. The highest BCUT2D eigenvalue weighted by Gasteiger charge is 2.04. The van der Waals surface area contributed by atoms with Crippen LogP contribution in [0.25, 0.3) is 5.57 Å². The molecule has 0 fully saturated rings. The van der Waals surface area contributed by atoms with Crippen LogP contribution in [0.3, 0.4) is 0 Å². The van der Waals surface area contributed by atoms with E-state index in [0.717, 1.165) is 22.4 Å². The zero-order valence-electron chi connectivity index (χ0n) is 9.37. The SMILES string of the molecule is C/C=C(/CC#N)c1ccc(OC)cc1C. The predicted molar refractivity (Wildman–Crippen MR) is 61.6 cm³/mol. The zero-order chi connectivity index (χ0) is 11.3. The first kappa shape index (κ1) is 11.3. The molecule has 0 spiro atoms. The molecule has 0 radical (unpaired) electrons. The van der Waals surface area contributed by atoms with Gasteiger partial charge in [-0.25, -0.2) is 0 Å². The van der Waals surface area contributed by atoms with Gasteiger partial charge in [0.15, 0.2) is 0 Å². The third-order valence-corrected chi connectivity index (χ3v) is 2.40. The molecule has 0 aliphatic rings. The molecule has 0 aliphatic carbocycles. The van der Waals surface area contributed by atoms with E-state index in [1.54, 1.807) is 7.11 Å². The van der Waals surface area contributed by atoms with E-state index in [1.165, 1.54) is 0 Å². The van der Waals surface area contributed by atoms with Crippen molar-refractivity contribution in [2.24, 2.45) is 0 Å². The third-order valence-electron chi connectivity index (χ3n) is 2.40. The summed E-state index contributed by atoms with van der Waals surface area (Å²) in [5.74, 6) is 0.851. The minimum atomic E-state index is 0.448. The highest BCUT2D eigenvalue weighted by atomic mass is 16.5. The summed E-state index contributed by atoms with van der Waals surface area (Å²) in [5, 5.41) is 8.71. The number of nitriles is 1. The van der Waals surface area contributed by atoms with E-state index in [9.17, 15) is 0 Å². The Labute approximate surface area is 90.8 Å². The van der Waals surface area contributed by atoms with E-state index in [2.05, 4.69) is 6.07 Å². The van der Waals surface area contributed by atoms with Gasteiger partial charge in [0.05, 0.1) is 19.6 Å². The molecule has 0 saturated heterocycles. The maximum Gasteiger partial charge on any atom is 0.119 e. The molecule has 2 nitrogen and oxygen atoms in total. The summed E-state index contributed by atoms with van der Waals surface area (Å²) in [6.07, 6.45) is 2.43. The van der Waals surface area contributed by atoms with Crippen molar-refractivity contribution in [1.82, 2.24) is 0 Å². The number of nitrogens with zero attached hydrogens (tertiary/aromatic N) is 1. The fraction of sp³-hybridized carbons (Fsp3) is 0.308. The Morgan fingerprint density at radius 2 is 2.27 bits per heavy atom. The molecular formula is C13H15NO. The summed E-state index contributed by atoms with van der Waals surface area (Å²) in [6, 6.07) is 8.08. The molecule has 15 heavy (non-hydrogen) atoms. The standard InChI is InChI=1S/C13H15NO/c1-4-11(7-8-14)13-6-5-12(15-3)9-10(13)2/h4-6,9H,7H2,1-3H3/b11-4-. The molecule has 0 bridgehead atoms. The molecular weight excluding hydrogens is 186 g/mol. The number of aryl methyl sites for hydroxylation is 1. The van der Waals surface area contributed by atoms with Crippen molar-refractivity contribution in [2.45, 2.75) is 20.3 Å². The fourth-order valence-corrected chi connectivity index (χ4v) is 1.56. The van der Waals surface area contributed by atoms with E-state index < -0.39 is 0 Å². The molecule has 0 aromatic heterocycles. The summed E-state index contributed by atoms with van der Waals surface area (Å²) in [6.45, 7) is 3.98. The zero-order valence-corrected chi connectivity index (χ0v) is 9.37. The van der Waals surface area contributed by atoms with Crippen molar-refractivity contribution in [3.05, 3.63) is 35.4 Å². The summed E-state index contributed by atoms with van der Waals surface area (Å²) >= 11 is 0. The van der Waals surface area contributed by atoms with Gasteiger partial charge in [-0.15, -0.1) is 0 Å². The van der Waals surface area contributed by atoms with Crippen molar-refractivity contribution < 1.29 is 4.74 Å². The second-order valence-corrected chi connectivity index (χ2v) is 3.33. The number of methoxy groups -OCH3 is 1. The average molecular weight is 201 g/mol. The summed E-state index contributed by atoms with van der Waals surface area (Å²) < 4.78 is 5.14. The third kappa shape index (κ3) is 2.60. The minimum absolute atomic E-state index is 0.448. The summed E-state index contributed by atoms with van der Waals surface area (Å²) in [7, 11) is 1.65. The molecule has 0 saturated carbocycles. The second kappa shape index (κ2) is 5.21. The minimum Gasteiger partial charge on any atom is -0.497 e. The van der Waals surface area contributed by atoms with Crippen molar-refractivity contribution in [1.29, 1.82) is 5.26 Å². The Hall–Kier alpha value is -1.75. The Balaban J connectivity index is 3.10. The summed E-state index contributed by atoms with van der Waals surface area (Å²) in [5.41, 5.74) is 3.33. The number of hydrogen-bond acceptors (Lipinski definition) is 2. The van der Waals surface area contributed by atoms with Crippen LogP contribution in [0, 0.1) is 18.3 Å². The molecule has 2 heteroatoms. The highest BCUT2D eigenvalue weighted by molar-refractivity contribution is 5.70. The maximum atomic E-state index is 8.71. The van der Waals surface area contributed by atoms with E-state index in [-0.39, 0.29) is 0 Å². The Morgan fingerprint density at radius 1 is 1.53 bits per heavy atom. The normalized spacial score (nSPS) is 10.9. The number of rotatable bonds is 3. The molecule has 1 rings (SSSR count). The van der Waals surface area contributed by atoms with Gasteiger partial charge < -0.3 is 4.74 Å². The Bertz CT molecular complexity index is 413. The first-order valence-electron chi connectivity index (χ1n) is 4.90. The monoisotopic (exact) mass is 201 g/mol. The lowest BCUT2D eigenvalue weighted by Crippen LogP contribution is -1.90. The number of ether oxygens (including phenoxy) is 1. The van der Waals surface area contributed by atoms with Gasteiger partial charge >= 0.3 is 0 Å². The highest BCUT2D eigenvalue weighted by Crippen LogP contribution is 2.25. The van der Waals surface area contributed by atoms with Gasteiger partial charge in [-0.05, 0) is 42.7 Å². The molecule has 0 N–H and O–H groups in total. The molecule has 0 amide bonds. The quantitative estimate of drug-likeness (QED) is 0.751. The van der Waals surface area contributed by atoms with Gasteiger partial charge in [-0.2, -0.15) is 5.26 Å². The van der Waals surface area contributed by atoms with Crippen LogP contribution in [0.1, 0.15) is 24.5 Å². The molecule has 78 valence electrons. The predicted octanol–water partition coefficient (Wildman–Crippen LogP) is 3.32. The molecule has 0 atom stereocenters. The second-order valence-electron chi connectivity index (χ2n) is 3.33. The van der Waals surface area contributed by atoms with Crippen LogP contribution in [0.15, 0.2) is 24.3 Å². The maximum absolute atomic E-state index is 8.71. The molecule has 1 aromatic carbocycles. The largest absolute Gasteiger partial charge is 0.497 e.